The van der Waals surface area contributed by atoms with Crippen LogP contribution in [-0.2, 0) is 14.8 Å². The second kappa shape index (κ2) is 4.94. The van der Waals surface area contributed by atoms with Crippen molar-refractivity contribution in [1.29, 1.82) is 0 Å². The average Bonchev–Trinajstić information content (AvgIpc) is 1.94. The standard InChI is InChI=1S/C9H17NO4S/c1-7(5-9(11)12)6-15(13,14)10-8-3-2-4-8/h7-8,10H,2-6H2,1H3,(H,11,12)/t7-/m0/s1. The molecule has 0 bridgehead atoms. The summed E-state index contributed by atoms with van der Waals surface area (Å²) in [5.41, 5.74) is 0. The molecule has 88 valence electrons. The van der Waals surface area contributed by atoms with Gasteiger partial charge in [-0.05, 0) is 18.8 Å². The number of carboxylic acids is 1. The summed E-state index contributed by atoms with van der Waals surface area (Å²) in [7, 11) is -3.30. The zero-order valence-corrected chi connectivity index (χ0v) is 9.59. The highest BCUT2D eigenvalue weighted by atomic mass is 32.2. The largest absolute Gasteiger partial charge is 0.481 e. The Morgan fingerprint density at radius 3 is 2.53 bits per heavy atom. The van der Waals surface area contributed by atoms with Gasteiger partial charge in [0, 0.05) is 12.5 Å². The lowest BCUT2D eigenvalue weighted by atomic mass is 9.94. The highest BCUT2D eigenvalue weighted by molar-refractivity contribution is 7.89. The molecule has 6 heteroatoms. The Balaban J connectivity index is 2.37. The molecule has 15 heavy (non-hydrogen) atoms. The fourth-order valence-electron chi connectivity index (χ4n) is 1.56. The first-order valence-corrected chi connectivity index (χ1v) is 6.76. The lowest BCUT2D eigenvalue weighted by molar-refractivity contribution is -0.137. The van der Waals surface area contributed by atoms with Gasteiger partial charge in [-0.2, -0.15) is 0 Å². The molecule has 0 aliphatic heterocycles. The van der Waals surface area contributed by atoms with E-state index in [9.17, 15) is 13.2 Å². The lowest BCUT2D eigenvalue weighted by Gasteiger charge is -2.26. The van der Waals surface area contributed by atoms with Crippen LogP contribution in [0.4, 0.5) is 0 Å². The minimum atomic E-state index is -3.30. The van der Waals surface area contributed by atoms with E-state index >= 15 is 0 Å². The van der Waals surface area contributed by atoms with Gasteiger partial charge in [0.1, 0.15) is 0 Å². The molecule has 1 atom stereocenters. The molecule has 1 fully saturated rings. The highest BCUT2D eigenvalue weighted by Gasteiger charge is 2.25. The quantitative estimate of drug-likeness (QED) is 0.705. The number of hydrogen-bond acceptors (Lipinski definition) is 3. The van der Waals surface area contributed by atoms with Crippen LogP contribution in [-0.4, -0.2) is 31.3 Å². The first-order valence-electron chi connectivity index (χ1n) is 5.11. The summed E-state index contributed by atoms with van der Waals surface area (Å²) in [6, 6.07) is 0.0760. The number of aliphatic carboxylic acids is 1. The minimum Gasteiger partial charge on any atom is -0.481 e. The van der Waals surface area contributed by atoms with Crippen molar-refractivity contribution in [3.63, 3.8) is 0 Å². The molecule has 0 unspecified atom stereocenters. The van der Waals surface area contributed by atoms with Crippen LogP contribution in [0.2, 0.25) is 0 Å². The van der Waals surface area contributed by atoms with E-state index in [4.69, 9.17) is 5.11 Å². The van der Waals surface area contributed by atoms with Gasteiger partial charge in [-0.3, -0.25) is 4.79 Å². The Morgan fingerprint density at radius 2 is 2.13 bits per heavy atom. The summed E-state index contributed by atoms with van der Waals surface area (Å²) < 4.78 is 25.6. The van der Waals surface area contributed by atoms with Gasteiger partial charge in [0.2, 0.25) is 10.0 Å². The van der Waals surface area contributed by atoms with Crippen molar-refractivity contribution in [2.75, 3.05) is 5.75 Å². The molecule has 0 aromatic carbocycles. The molecule has 5 nitrogen and oxygen atoms in total. The normalized spacial score (nSPS) is 19.5. The maximum atomic E-state index is 11.5. The van der Waals surface area contributed by atoms with Gasteiger partial charge in [0.25, 0.3) is 0 Å². The summed E-state index contributed by atoms with van der Waals surface area (Å²) in [6.07, 6.45) is 2.75. The molecular formula is C9H17NO4S. The molecule has 0 aromatic heterocycles. The fourth-order valence-corrected chi connectivity index (χ4v) is 3.27. The van der Waals surface area contributed by atoms with Gasteiger partial charge < -0.3 is 5.11 Å². The zero-order chi connectivity index (χ0) is 11.5. The van der Waals surface area contributed by atoms with Crippen LogP contribution in [0.3, 0.4) is 0 Å². The summed E-state index contributed by atoms with van der Waals surface area (Å²) in [4.78, 5) is 10.4. The van der Waals surface area contributed by atoms with Crippen LogP contribution in [0, 0.1) is 5.92 Å². The Kier molecular flexibility index (Phi) is 4.10. The monoisotopic (exact) mass is 235 g/mol. The maximum absolute atomic E-state index is 11.5. The van der Waals surface area contributed by atoms with E-state index < -0.39 is 16.0 Å². The number of carboxylic acid groups (broad SMARTS) is 1. The van der Waals surface area contributed by atoms with E-state index in [0.29, 0.717) is 0 Å². The summed E-state index contributed by atoms with van der Waals surface area (Å²) in [6.45, 7) is 1.63. The van der Waals surface area contributed by atoms with Gasteiger partial charge in [-0.1, -0.05) is 13.3 Å². The predicted molar refractivity (Wildman–Crippen MR) is 56.0 cm³/mol. The molecule has 0 saturated heterocycles. The van der Waals surface area contributed by atoms with Crippen LogP contribution in [0.5, 0.6) is 0 Å². The van der Waals surface area contributed by atoms with Crippen molar-refractivity contribution in [2.45, 2.75) is 38.6 Å². The Bertz CT molecular complexity index is 321. The Labute approximate surface area is 89.9 Å². The van der Waals surface area contributed by atoms with Crippen LogP contribution in [0.15, 0.2) is 0 Å². The molecule has 0 heterocycles. The molecule has 0 amide bonds. The Morgan fingerprint density at radius 1 is 1.53 bits per heavy atom. The zero-order valence-electron chi connectivity index (χ0n) is 8.77. The molecule has 1 aliphatic carbocycles. The molecule has 1 rings (SSSR count). The van der Waals surface area contributed by atoms with E-state index in [-0.39, 0.29) is 24.1 Å². The smallest absolute Gasteiger partial charge is 0.303 e. The number of carbonyl (C=O) groups is 1. The first kappa shape index (κ1) is 12.4. The number of nitrogens with one attached hydrogen (secondary N) is 1. The van der Waals surface area contributed by atoms with E-state index in [1.54, 1.807) is 6.92 Å². The molecule has 0 radical (unpaired) electrons. The van der Waals surface area contributed by atoms with Gasteiger partial charge >= 0.3 is 5.97 Å². The van der Waals surface area contributed by atoms with E-state index in [1.165, 1.54) is 0 Å². The number of hydrogen-bond donors (Lipinski definition) is 2. The van der Waals surface area contributed by atoms with Crippen molar-refractivity contribution in [3.8, 4) is 0 Å². The average molecular weight is 235 g/mol. The molecule has 1 aliphatic rings. The van der Waals surface area contributed by atoms with Gasteiger partial charge in [-0.15, -0.1) is 0 Å². The third-order valence-corrected chi connectivity index (χ3v) is 4.18. The first-order chi connectivity index (χ1) is 6.89. The van der Waals surface area contributed by atoms with Gasteiger partial charge in [-0.25, -0.2) is 13.1 Å². The minimum absolute atomic E-state index is 0.0760. The molecule has 1 saturated carbocycles. The fraction of sp³-hybridized carbons (Fsp3) is 0.889. The van der Waals surface area contributed by atoms with Crippen molar-refractivity contribution < 1.29 is 18.3 Å². The lowest BCUT2D eigenvalue weighted by Crippen LogP contribution is -2.41. The molecular weight excluding hydrogens is 218 g/mol. The second-order valence-corrected chi connectivity index (χ2v) is 6.03. The third kappa shape index (κ3) is 4.61. The van der Waals surface area contributed by atoms with Crippen molar-refractivity contribution in [2.24, 2.45) is 5.92 Å². The van der Waals surface area contributed by atoms with E-state index in [0.717, 1.165) is 19.3 Å². The molecule has 0 spiro atoms. The molecule has 0 aromatic rings. The predicted octanol–water partition coefficient (Wildman–Crippen LogP) is 0.569. The highest BCUT2D eigenvalue weighted by Crippen LogP contribution is 2.19. The van der Waals surface area contributed by atoms with Crippen LogP contribution in [0.1, 0.15) is 32.6 Å². The van der Waals surface area contributed by atoms with Crippen molar-refractivity contribution in [3.05, 3.63) is 0 Å². The summed E-state index contributed by atoms with van der Waals surface area (Å²) in [5.74, 6) is -1.41. The number of sulfonamides is 1. The van der Waals surface area contributed by atoms with Gasteiger partial charge in [0.15, 0.2) is 0 Å². The molecule has 2 N–H and O–H groups in total. The van der Waals surface area contributed by atoms with Crippen LogP contribution in [0.25, 0.3) is 0 Å². The maximum Gasteiger partial charge on any atom is 0.303 e. The van der Waals surface area contributed by atoms with Crippen LogP contribution >= 0.6 is 0 Å². The summed E-state index contributed by atoms with van der Waals surface area (Å²) >= 11 is 0. The SMILES string of the molecule is C[C@@H](CC(=O)O)CS(=O)(=O)NC1CCC1. The van der Waals surface area contributed by atoms with E-state index in [2.05, 4.69) is 4.72 Å². The van der Waals surface area contributed by atoms with Gasteiger partial charge in [0.05, 0.1) is 5.75 Å². The van der Waals surface area contributed by atoms with Crippen LogP contribution < -0.4 is 4.72 Å². The van der Waals surface area contributed by atoms with Crippen molar-refractivity contribution in [1.82, 2.24) is 4.72 Å². The number of rotatable bonds is 6. The Hall–Kier alpha value is -0.620. The second-order valence-electron chi connectivity index (χ2n) is 4.23. The third-order valence-electron chi connectivity index (χ3n) is 2.48. The van der Waals surface area contributed by atoms with E-state index in [1.807, 2.05) is 0 Å². The summed E-state index contributed by atoms with van der Waals surface area (Å²) in [5, 5.41) is 8.50. The van der Waals surface area contributed by atoms with Crippen molar-refractivity contribution >= 4 is 16.0 Å². The topological polar surface area (TPSA) is 83.5 Å².